The molecule has 0 aliphatic heterocycles. The Kier molecular flexibility index (Phi) is 21.4. The van der Waals surface area contributed by atoms with Crippen LogP contribution < -0.4 is 48.8 Å². The van der Waals surface area contributed by atoms with Crippen LogP contribution in [0.1, 0.15) is 57.6 Å². The first-order valence-electron chi connectivity index (χ1n) is 19.7. The third kappa shape index (κ3) is 18.3. The van der Waals surface area contributed by atoms with Gasteiger partial charge in [0.1, 0.15) is 42.0 Å². The zero-order valence-electron chi connectivity index (χ0n) is 34.8. The molecule has 0 saturated carbocycles. The molecule has 2 aromatic carbocycles. The highest BCUT2D eigenvalue weighted by Crippen LogP contribution is 2.12. The molecule has 0 saturated heterocycles. The Bertz CT molecular complexity index is 1900. The van der Waals surface area contributed by atoms with Crippen LogP contribution in [0.15, 0.2) is 54.6 Å². The Labute approximate surface area is 361 Å². The van der Waals surface area contributed by atoms with Gasteiger partial charge < -0.3 is 63.8 Å². The van der Waals surface area contributed by atoms with Crippen molar-refractivity contribution in [1.29, 1.82) is 0 Å². The summed E-state index contributed by atoms with van der Waals surface area (Å²) in [5, 5.41) is 64.0. The van der Waals surface area contributed by atoms with Gasteiger partial charge in [-0.3, -0.25) is 33.6 Å². The van der Waals surface area contributed by atoms with Crippen molar-refractivity contribution in [3.05, 3.63) is 75.8 Å². The normalized spacial score (nSPS) is 15.2. The summed E-state index contributed by atoms with van der Waals surface area (Å²) in [6, 6.07) is 2.36. The highest BCUT2D eigenvalue weighted by Gasteiger charge is 2.36. The summed E-state index contributed by atoms with van der Waals surface area (Å²) >= 11 is 0. The van der Waals surface area contributed by atoms with Crippen molar-refractivity contribution in [3.8, 4) is 5.75 Å². The van der Waals surface area contributed by atoms with Gasteiger partial charge in [-0.25, -0.2) is 14.9 Å². The number of rotatable bonds is 27. The second kappa shape index (κ2) is 25.8. The van der Waals surface area contributed by atoms with E-state index in [2.05, 4.69) is 31.9 Å². The molecule has 63 heavy (non-hydrogen) atoms. The number of nitrogens with zero attached hydrogens (tertiary/aromatic N) is 1. The van der Waals surface area contributed by atoms with Gasteiger partial charge in [-0.05, 0) is 69.8 Å². The molecule has 0 aliphatic carbocycles. The maximum atomic E-state index is 13.6. The highest BCUT2D eigenvalue weighted by molar-refractivity contribution is 5.98. The van der Waals surface area contributed by atoms with E-state index < -0.39 is 113 Å². The average molecular weight is 889 g/mol. The first-order valence-corrected chi connectivity index (χ1v) is 19.7. The Balaban J connectivity index is 2.22. The quantitative estimate of drug-likeness (QED) is 0.0232. The van der Waals surface area contributed by atoms with E-state index in [1.165, 1.54) is 24.3 Å². The number of unbranched alkanes of at least 4 members (excludes halogenated alkanes) is 1. The fraction of sp³-hybridized carbons (Fsp3) is 0.487. The van der Waals surface area contributed by atoms with Gasteiger partial charge in [0.25, 0.3) is 0 Å². The molecule has 7 amide bonds. The number of aliphatic hydroxyl groups excluding tert-OH is 2. The Morgan fingerprint density at radius 1 is 0.635 bits per heavy atom. The number of aromatic hydroxyl groups is 1. The number of carboxylic acid groups (broad SMARTS) is 1. The Morgan fingerprint density at radius 3 is 1.63 bits per heavy atom. The number of nitrogens with two attached hydrogens (primary N) is 2. The standard InChI is InChI=1S/C39H56N10O14/c1-20(42-37(58)31(21(2)50)47-36(57)29(48-49(62)63)18-24-12-14-25(52)15-13-24)33(54)46-32(22(3)51)38(59)45-28(19-30(41)53)35(56)44-27(17-23-9-5-4-6-10-23)34(55)43-26(39(60)61)11-7-8-16-40/h4-6,9-10,12-15,20-22,26-29,31-32,48,50-52H,7-8,11,16-19,40H2,1-3H3,(H2,41,53)(H,42,58)(H,43,55)(H,44,56)(H,45,59)(H,46,54)(H,47,57)(H,60,61)/t20-,21+,22+,26-,27-,28-,29-,31-,32-/m0/s1. The van der Waals surface area contributed by atoms with Crippen LogP contribution in [0, 0.1) is 10.1 Å². The number of hydrogen-bond donors (Lipinski definition) is 13. The van der Waals surface area contributed by atoms with E-state index in [1.807, 2.05) is 5.43 Å². The largest absolute Gasteiger partial charge is 0.508 e. The summed E-state index contributed by atoms with van der Waals surface area (Å²) < 4.78 is 0. The minimum atomic E-state index is -1.85. The summed E-state index contributed by atoms with van der Waals surface area (Å²) in [6.07, 6.45) is -3.67. The number of primary amides is 1. The number of aliphatic hydroxyl groups is 2. The second-order valence-corrected chi connectivity index (χ2v) is 14.7. The topological polar surface area (TPSA) is 397 Å². The van der Waals surface area contributed by atoms with Crippen LogP contribution in [0.4, 0.5) is 0 Å². The van der Waals surface area contributed by atoms with Gasteiger partial charge in [0, 0.05) is 12.8 Å². The molecular formula is C39H56N10O14. The lowest BCUT2D eigenvalue weighted by Gasteiger charge is -2.28. The van der Waals surface area contributed by atoms with Crippen molar-refractivity contribution in [2.75, 3.05) is 6.54 Å². The molecule has 0 fully saturated rings. The van der Waals surface area contributed by atoms with Crippen LogP contribution in [0.25, 0.3) is 0 Å². The maximum Gasteiger partial charge on any atom is 0.326 e. The Morgan fingerprint density at radius 2 is 1.11 bits per heavy atom. The molecule has 2 aromatic rings. The van der Waals surface area contributed by atoms with Crippen molar-refractivity contribution >= 4 is 47.3 Å². The summed E-state index contributed by atoms with van der Waals surface area (Å²) in [5.74, 6) is -9.09. The molecule has 9 atom stereocenters. The van der Waals surface area contributed by atoms with Crippen LogP contribution in [-0.2, 0) is 51.2 Å². The number of aliphatic carboxylic acids is 1. The predicted octanol–water partition coefficient (Wildman–Crippen LogP) is -3.89. The summed E-state index contributed by atoms with van der Waals surface area (Å²) in [6.45, 7) is 3.64. The minimum Gasteiger partial charge on any atom is -0.508 e. The first kappa shape index (κ1) is 52.2. The number of nitrogens with one attached hydrogen (secondary N) is 7. The zero-order chi connectivity index (χ0) is 47.4. The molecule has 0 heterocycles. The van der Waals surface area contributed by atoms with E-state index in [0.29, 0.717) is 30.5 Å². The smallest absolute Gasteiger partial charge is 0.326 e. The number of phenols is 1. The van der Waals surface area contributed by atoms with Crippen LogP contribution in [-0.4, -0.2) is 134 Å². The number of carbonyl (C=O) groups excluding carboxylic acids is 7. The van der Waals surface area contributed by atoms with Gasteiger partial charge in [-0.1, -0.05) is 42.5 Å². The summed E-state index contributed by atoms with van der Waals surface area (Å²) in [5.41, 5.74) is 13.6. The first-order chi connectivity index (χ1) is 29.6. The van der Waals surface area contributed by atoms with Gasteiger partial charge in [-0.2, -0.15) is 0 Å². The van der Waals surface area contributed by atoms with Crippen molar-refractivity contribution in [3.63, 3.8) is 0 Å². The van der Waals surface area contributed by atoms with Crippen LogP contribution in [0.3, 0.4) is 0 Å². The Hall–Kier alpha value is -6.92. The molecular weight excluding hydrogens is 832 g/mol. The summed E-state index contributed by atoms with van der Waals surface area (Å²) in [4.78, 5) is 115. The van der Waals surface area contributed by atoms with E-state index in [0.717, 1.165) is 20.8 Å². The number of hydrogen-bond acceptors (Lipinski definition) is 14. The van der Waals surface area contributed by atoms with Gasteiger partial charge in [0.2, 0.25) is 41.4 Å². The lowest BCUT2D eigenvalue weighted by atomic mass is 10.0. The number of benzene rings is 2. The minimum absolute atomic E-state index is 0.0320. The van der Waals surface area contributed by atoms with E-state index >= 15 is 0 Å². The van der Waals surface area contributed by atoms with E-state index in [1.54, 1.807) is 30.3 Å². The van der Waals surface area contributed by atoms with Gasteiger partial charge >= 0.3 is 5.97 Å². The fourth-order valence-electron chi connectivity index (χ4n) is 5.93. The molecule has 0 radical (unpaired) electrons. The van der Waals surface area contributed by atoms with Gasteiger partial charge in [0.05, 0.1) is 18.6 Å². The van der Waals surface area contributed by atoms with Gasteiger partial charge in [-0.15, -0.1) is 5.43 Å². The average Bonchev–Trinajstić information content (AvgIpc) is 3.20. The summed E-state index contributed by atoms with van der Waals surface area (Å²) in [7, 11) is 0. The molecule has 2 rings (SSSR count). The third-order valence-corrected chi connectivity index (χ3v) is 9.35. The SMILES string of the molecule is C[C@H](NC(=O)[C@@H](NC(=O)[C@H](Cc1ccc(O)cc1)N[N+](=O)[O-])[C@@H](C)O)C(=O)N[C@H](C(=O)N[C@@H](CC(N)=O)C(=O)N[C@@H](Cc1ccccc1)C(=O)N[C@@H](CCCCN)C(=O)O)[C@@H](C)O. The van der Waals surface area contributed by atoms with E-state index in [4.69, 9.17) is 11.5 Å². The predicted molar refractivity (Wildman–Crippen MR) is 221 cm³/mol. The number of amides is 7. The molecule has 0 unspecified atom stereocenters. The van der Waals surface area contributed by atoms with Crippen molar-refractivity contribution < 1.29 is 63.8 Å². The lowest BCUT2D eigenvalue weighted by Crippen LogP contribution is -2.62. The molecule has 24 heteroatoms. The number of carbonyl (C=O) groups is 8. The number of nitro groups is 1. The van der Waals surface area contributed by atoms with Crippen molar-refractivity contribution in [1.82, 2.24) is 37.3 Å². The van der Waals surface area contributed by atoms with Crippen LogP contribution in [0.5, 0.6) is 5.75 Å². The van der Waals surface area contributed by atoms with Gasteiger partial charge in [0.15, 0.2) is 11.1 Å². The second-order valence-electron chi connectivity index (χ2n) is 14.7. The van der Waals surface area contributed by atoms with E-state index in [9.17, 15) is 68.9 Å². The van der Waals surface area contributed by atoms with Crippen molar-refractivity contribution in [2.24, 2.45) is 11.5 Å². The van der Waals surface area contributed by atoms with E-state index in [-0.39, 0.29) is 25.0 Å². The third-order valence-electron chi connectivity index (χ3n) is 9.35. The maximum absolute atomic E-state index is 13.6. The molecule has 346 valence electrons. The molecule has 24 nitrogen and oxygen atoms in total. The molecule has 0 aromatic heterocycles. The van der Waals surface area contributed by atoms with Crippen molar-refractivity contribution in [2.45, 2.75) is 114 Å². The molecule has 15 N–H and O–H groups in total. The number of carboxylic acids is 1. The molecule has 0 bridgehead atoms. The van der Waals surface area contributed by atoms with Crippen LogP contribution in [0.2, 0.25) is 0 Å². The number of phenolic OH excluding ortho intramolecular Hbond substituents is 1. The molecule has 0 aliphatic rings. The fourth-order valence-corrected chi connectivity index (χ4v) is 5.93. The van der Waals surface area contributed by atoms with Crippen LogP contribution >= 0.6 is 0 Å². The lowest BCUT2D eigenvalue weighted by molar-refractivity contribution is -0.548. The highest BCUT2D eigenvalue weighted by atomic mass is 16.7. The molecule has 0 spiro atoms. The monoisotopic (exact) mass is 888 g/mol. The number of hydrazine groups is 1. The zero-order valence-corrected chi connectivity index (χ0v) is 34.8.